The van der Waals surface area contributed by atoms with Crippen LogP contribution >= 0.6 is 73.9 Å². The molecule has 6 nitrogen and oxygen atoms in total. The van der Waals surface area contributed by atoms with Gasteiger partial charge in [-0.2, -0.15) is 8.78 Å². The van der Waals surface area contributed by atoms with Gasteiger partial charge >= 0.3 is 6.43 Å². The maximum atomic E-state index is 14.8. The molecule has 1 saturated carbocycles. The van der Waals surface area contributed by atoms with Crippen molar-refractivity contribution in [3.8, 4) is 0 Å². The first-order valence-electron chi connectivity index (χ1n) is 11.1. The zero-order valence-corrected chi connectivity index (χ0v) is 25.1. The molecule has 4 rings (SSSR count). The summed E-state index contributed by atoms with van der Waals surface area (Å²) in [6.45, 7) is 0. The van der Waals surface area contributed by atoms with Gasteiger partial charge in [0, 0.05) is 16.1 Å². The van der Waals surface area contributed by atoms with Crippen LogP contribution < -0.4 is 16.0 Å². The van der Waals surface area contributed by atoms with Gasteiger partial charge in [0.05, 0.1) is 32.2 Å². The number of rotatable bonds is 7. The van der Waals surface area contributed by atoms with Crippen LogP contribution in [0.2, 0.25) is 15.1 Å². The van der Waals surface area contributed by atoms with Crippen LogP contribution in [0.5, 0.6) is 0 Å². The molecule has 2 unspecified atom stereocenters. The fraction of sp³-hybridized carbons (Fsp3) is 0.160. The Hall–Kier alpha value is -2.28. The number of nitrogens with one attached hydrogen (secondary N) is 3. The van der Waals surface area contributed by atoms with Crippen LogP contribution in [-0.4, -0.2) is 28.5 Å². The number of carbonyl (C=O) groups excluding carboxylic acids is 3. The van der Waals surface area contributed by atoms with Gasteiger partial charge in [-0.05, 0) is 64.0 Å². The summed E-state index contributed by atoms with van der Waals surface area (Å²) in [6.07, 6.45) is -3.54. The van der Waals surface area contributed by atoms with E-state index in [2.05, 4.69) is 26.6 Å². The topological polar surface area (TPSA) is 87.3 Å². The van der Waals surface area contributed by atoms with Crippen LogP contribution in [0.3, 0.4) is 0 Å². The molecule has 16 heteroatoms. The molecule has 3 aromatic carbocycles. The highest BCUT2D eigenvalue weighted by Gasteiger charge is 2.67. The van der Waals surface area contributed by atoms with Crippen LogP contribution in [-0.2, 0) is 9.59 Å². The van der Waals surface area contributed by atoms with Gasteiger partial charge in [0.15, 0.2) is 5.82 Å². The maximum absolute atomic E-state index is 14.8. The molecule has 41 heavy (non-hydrogen) atoms. The zero-order chi connectivity index (χ0) is 30.4. The lowest BCUT2D eigenvalue weighted by Crippen LogP contribution is -2.22. The van der Waals surface area contributed by atoms with Gasteiger partial charge in [-0.25, -0.2) is 8.78 Å². The van der Waals surface area contributed by atoms with E-state index in [1.54, 1.807) is 6.07 Å². The third kappa shape index (κ3) is 6.55. The SMILES string of the molecule is O=C(Nc1ccc(F)c(NC(=O)C(F)F)c1F)c1cc(NC(=O)C2C(c3cc(Cl)c(Cl)c(Br)c3)C2(Cl)Cl)ccc1Cl. The van der Waals surface area contributed by atoms with E-state index in [1.807, 2.05) is 0 Å². The second-order valence-corrected chi connectivity index (χ2v) is 12.1. The lowest BCUT2D eigenvalue weighted by Gasteiger charge is -2.13. The highest BCUT2D eigenvalue weighted by atomic mass is 79.9. The number of carbonyl (C=O) groups is 3. The van der Waals surface area contributed by atoms with Crippen molar-refractivity contribution in [2.75, 3.05) is 16.0 Å². The van der Waals surface area contributed by atoms with E-state index in [4.69, 9.17) is 58.0 Å². The van der Waals surface area contributed by atoms with Crippen LogP contribution in [0, 0.1) is 17.6 Å². The van der Waals surface area contributed by atoms with E-state index in [1.165, 1.54) is 29.6 Å². The summed E-state index contributed by atoms with van der Waals surface area (Å²) in [5.74, 6) is -7.97. The molecule has 3 aromatic rings. The second kappa shape index (κ2) is 12.1. The van der Waals surface area contributed by atoms with Gasteiger partial charge in [-0.15, -0.1) is 23.2 Å². The Balaban J connectivity index is 1.52. The molecule has 0 radical (unpaired) electrons. The van der Waals surface area contributed by atoms with E-state index in [0.29, 0.717) is 16.1 Å². The zero-order valence-electron chi connectivity index (χ0n) is 19.8. The minimum absolute atomic E-state index is 0.0964. The molecule has 216 valence electrons. The third-order valence-electron chi connectivity index (χ3n) is 5.97. The van der Waals surface area contributed by atoms with Crippen LogP contribution in [0.25, 0.3) is 0 Å². The number of hydrogen-bond donors (Lipinski definition) is 3. The fourth-order valence-electron chi connectivity index (χ4n) is 3.95. The predicted octanol–water partition coefficient (Wildman–Crippen LogP) is 8.67. The maximum Gasteiger partial charge on any atom is 0.315 e. The van der Waals surface area contributed by atoms with E-state index in [9.17, 15) is 31.9 Å². The lowest BCUT2D eigenvalue weighted by atomic mass is 10.1. The fourth-order valence-corrected chi connectivity index (χ4v) is 5.91. The molecule has 0 heterocycles. The van der Waals surface area contributed by atoms with Crippen molar-refractivity contribution in [1.29, 1.82) is 0 Å². The van der Waals surface area contributed by atoms with E-state index in [-0.39, 0.29) is 26.3 Å². The van der Waals surface area contributed by atoms with Gasteiger partial charge in [0.25, 0.3) is 11.8 Å². The summed E-state index contributed by atoms with van der Waals surface area (Å²) in [5, 5.41) is 6.52. The van der Waals surface area contributed by atoms with Gasteiger partial charge in [0.1, 0.15) is 15.8 Å². The van der Waals surface area contributed by atoms with Gasteiger partial charge in [-0.1, -0.05) is 34.8 Å². The minimum Gasteiger partial charge on any atom is -0.326 e. The van der Waals surface area contributed by atoms with Gasteiger partial charge < -0.3 is 16.0 Å². The van der Waals surface area contributed by atoms with E-state index >= 15 is 0 Å². The number of benzene rings is 3. The van der Waals surface area contributed by atoms with Crippen LogP contribution in [0.4, 0.5) is 34.6 Å². The number of anilines is 3. The molecule has 3 amide bonds. The smallest absolute Gasteiger partial charge is 0.315 e. The molecule has 0 aliphatic heterocycles. The summed E-state index contributed by atoms with van der Waals surface area (Å²) in [4.78, 5) is 37.2. The average molecular weight is 737 g/mol. The highest BCUT2D eigenvalue weighted by Crippen LogP contribution is 2.65. The Labute approximate surface area is 262 Å². The molecule has 3 N–H and O–H groups in total. The normalized spacial score (nSPS) is 17.2. The molecular formula is C25H13BrCl5F4N3O3. The molecule has 2 atom stereocenters. The molecule has 0 aromatic heterocycles. The summed E-state index contributed by atoms with van der Waals surface area (Å²) in [7, 11) is 0. The highest BCUT2D eigenvalue weighted by molar-refractivity contribution is 9.10. The molecule has 0 saturated heterocycles. The molecular weight excluding hydrogens is 723 g/mol. The minimum atomic E-state index is -3.54. The monoisotopic (exact) mass is 733 g/mol. The molecule has 0 bridgehead atoms. The number of amides is 3. The molecule has 1 aliphatic rings. The summed E-state index contributed by atoms with van der Waals surface area (Å²) in [5.41, 5.74) is -1.42. The first kappa shape index (κ1) is 31.7. The van der Waals surface area contributed by atoms with Crippen LogP contribution in [0.1, 0.15) is 21.8 Å². The van der Waals surface area contributed by atoms with Gasteiger partial charge in [0.2, 0.25) is 5.91 Å². The van der Waals surface area contributed by atoms with Crippen molar-refractivity contribution in [3.63, 3.8) is 0 Å². The first-order chi connectivity index (χ1) is 19.1. The summed E-state index contributed by atoms with van der Waals surface area (Å²) < 4.78 is 52.8. The number of hydrogen-bond acceptors (Lipinski definition) is 3. The Morgan fingerprint density at radius 3 is 2.22 bits per heavy atom. The van der Waals surface area contributed by atoms with Crippen molar-refractivity contribution in [2.45, 2.75) is 16.7 Å². The van der Waals surface area contributed by atoms with Crippen LogP contribution in [0.15, 0.2) is 46.9 Å². The average Bonchev–Trinajstić information content (AvgIpc) is 3.49. The standard InChI is InChI=1S/C25H13BrCl5F4N3O3/c26-11-5-8(6-13(28)18(11)29)16-17(25(16,30)31)23(40)36-9-1-2-12(27)10(7-9)22(39)37-15-4-3-14(32)20(19(15)33)38-24(41)21(34)35/h1-7,16-17,21H,(H,36,40)(H,37,39)(H,38,41). The van der Waals surface area contributed by atoms with Crippen molar-refractivity contribution in [1.82, 2.24) is 0 Å². The Morgan fingerprint density at radius 2 is 1.59 bits per heavy atom. The van der Waals surface area contributed by atoms with Crippen molar-refractivity contribution < 1.29 is 31.9 Å². The molecule has 0 spiro atoms. The van der Waals surface area contributed by atoms with E-state index in [0.717, 1.165) is 6.07 Å². The van der Waals surface area contributed by atoms with Crippen molar-refractivity contribution in [3.05, 3.63) is 84.8 Å². The number of halogens is 10. The summed E-state index contributed by atoms with van der Waals surface area (Å²) >= 11 is 34.4. The number of alkyl halides is 4. The predicted molar refractivity (Wildman–Crippen MR) is 154 cm³/mol. The molecule has 1 aliphatic carbocycles. The Bertz CT molecular complexity index is 1570. The first-order valence-corrected chi connectivity index (χ1v) is 13.8. The summed E-state index contributed by atoms with van der Waals surface area (Å²) in [6, 6.07) is 8.47. The lowest BCUT2D eigenvalue weighted by molar-refractivity contribution is -0.126. The third-order valence-corrected chi connectivity index (χ3v) is 8.89. The second-order valence-electron chi connectivity index (χ2n) is 8.64. The Morgan fingerprint density at radius 1 is 0.902 bits per heavy atom. The van der Waals surface area contributed by atoms with Crippen molar-refractivity contribution >= 4 is 109 Å². The van der Waals surface area contributed by atoms with E-state index < -0.39 is 63.3 Å². The Kier molecular flexibility index (Phi) is 9.37. The molecule has 1 fully saturated rings. The van der Waals surface area contributed by atoms with Crippen molar-refractivity contribution in [2.24, 2.45) is 5.92 Å². The largest absolute Gasteiger partial charge is 0.326 e. The van der Waals surface area contributed by atoms with Gasteiger partial charge in [-0.3, -0.25) is 14.4 Å². The quantitative estimate of drug-likeness (QED) is 0.129.